The Balaban J connectivity index is 3.30. The van der Waals surface area contributed by atoms with Gasteiger partial charge in [-0.15, -0.1) is 0 Å². The van der Waals surface area contributed by atoms with Gasteiger partial charge in [0.05, 0.1) is 0 Å². The number of carbonyl (C=O) groups is 1. The minimum atomic E-state index is -1.81. The number of hydrogen-bond acceptors (Lipinski definition) is 2. The summed E-state index contributed by atoms with van der Waals surface area (Å²) in [6, 6.07) is 2.66. The highest BCUT2D eigenvalue weighted by molar-refractivity contribution is 5.79. The summed E-state index contributed by atoms with van der Waals surface area (Å²) in [5.74, 6) is -3.04. The van der Waals surface area contributed by atoms with E-state index in [9.17, 15) is 13.6 Å². The molecular formula is C10H10F2O3. The van der Waals surface area contributed by atoms with Gasteiger partial charge in [-0.25, -0.2) is 13.6 Å². The van der Waals surface area contributed by atoms with Gasteiger partial charge >= 0.3 is 5.97 Å². The molecule has 15 heavy (non-hydrogen) atoms. The van der Waals surface area contributed by atoms with E-state index in [0.717, 1.165) is 19.2 Å². The van der Waals surface area contributed by atoms with Crippen LogP contribution in [0.2, 0.25) is 0 Å². The van der Waals surface area contributed by atoms with Crippen LogP contribution in [0.1, 0.15) is 12.5 Å². The van der Waals surface area contributed by atoms with Crippen LogP contribution in [-0.4, -0.2) is 18.2 Å². The predicted molar refractivity (Wildman–Crippen MR) is 48.4 cm³/mol. The third-order valence-electron chi connectivity index (χ3n) is 2.26. The molecule has 0 heterocycles. The van der Waals surface area contributed by atoms with Crippen LogP contribution in [0.3, 0.4) is 0 Å². The van der Waals surface area contributed by atoms with Gasteiger partial charge in [-0.2, -0.15) is 0 Å². The molecule has 1 N–H and O–H groups in total. The van der Waals surface area contributed by atoms with Crippen LogP contribution in [0.15, 0.2) is 18.2 Å². The van der Waals surface area contributed by atoms with Crippen LogP contribution < -0.4 is 0 Å². The highest BCUT2D eigenvalue weighted by Gasteiger charge is 2.37. The summed E-state index contributed by atoms with van der Waals surface area (Å²) in [6.45, 7) is 1.20. The first-order valence-electron chi connectivity index (χ1n) is 4.16. The lowest BCUT2D eigenvalue weighted by Gasteiger charge is -2.23. The maximum absolute atomic E-state index is 13.3. The van der Waals surface area contributed by atoms with Crippen molar-refractivity contribution in [1.29, 1.82) is 0 Å². The Morgan fingerprint density at radius 3 is 2.47 bits per heavy atom. The van der Waals surface area contributed by atoms with Gasteiger partial charge in [-0.1, -0.05) is 0 Å². The van der Waals surface area contributed by atoms with Crippen LogP contribution in [0.25, 0.3) is 0 Å². The summed E-state index contributed by atoms with van der Waals surface area (Å²) in [6.07, 6.45) is 0. The molecule has 0 aliphatic rings. The number of aliphatic carboxylic acids is 1. The summed E-state index contributed by atoms with van der Waals surface area (Å²) >= 11 is 0. The second kappa shape index (κ2) is 3.94. The largest absolute Gasteiger partial charge is 0.479 e. The van der Waals surface area contributed by atoms with Gasteiger partial charge in [0.15, 0.2) is 5.60 Å². The fourth-order valence-electron chi connectivity index (χ4n) is 1.19. The monoisotopic (exact) mass is 216 g/mol. The molecule has 3 nitrogen and oxygen atoms in total. The Bertz CT molecular complexity index is 392. The van der Waals surface area contributed by atoms with E-state index in [0.29, 0.717) is 6.07 Å². The lowest BCUT2D eigenvalue weighted by Crippen LogP contribution is -2.35. The Hall–Kier alpha value is -1.49. The van der Waals surface area contributed by atoms with Crippen LogP contribution in [0.4, 0.5) is 8.78 Å². The molecule has 0 fully saturated rings. The average Bonchev–Trinajstić information content (AvgIpc) is 2.16. The van der Waals surface area contributed by atoms with Gasteiger partial charge in [0.25, 0.3) is 0 Å². The number of rotatable bonds is 3. The van der Waals surface area contributed by atoms with E-state index in [2.05, 4.69) is 0 Å². The van der Waals surface area contributed by atoms with E-state index in [1.165, 1.54) is 6.92 Å². The number of ether oxygens (including phenoxy) is 1. The second-order valence-corrected chi connectivity index (χ2v) is 3.17. The summed E-state index contributed by atoms with van der Waals surface area (Å²) in [5.41, 5.74) is -2.02. The lowest BCUT2D eigenvalue weighted by molar-refractivity contribution is -0.161. The first-order valence-corrected chi connectivity index (χ1v) is 4.16. The molecule has 1 rings (SSSR count). The molecule has 0 amide bonds. The molecule has 82 valence electrons. The highest BCUT2D eigenvalue weighted by Crippen LogP contribution is 2.27. The second-order valence-electron chi connectivity index (χ2n) is 3.17. The Morgan fingerprint density at radius 1 is 1.47 bits per heavy atom. The highest BCUT2D eigenvalue weighted by atomic mass is 19.1. The summed E-state index contributed by atoms with van der Waals surface area (Å²) in [7, 11) is 1.15. The van der Waals surface area contributed by atoms with Crippen molar-refractivity contribution < 1.29 is 23.4 Å². The number of hydrogen-bond donors (Lipinski definition) is 1. The Labute approximate surface area is 85.3 Å². The maximum atomic E-state index is 13.3. The summed E-state index contributed by atoms with van der Waals surface area (Å²) < 4.78 is 30.7. The first-order chi connectivity index (χ1) is 6.91. The van der Waals surface area contributed by atoms with Crippen LogP contribution in [0.5, 0.6) is 0 Å². The molecule has 1 unspecified atom stereocenters. The Morgan fingerprint density at radius 2 is 2.07 bits per heavy atom. The molecule has 1 atom stereocenters. The minimum absolute atomic E-state index is 0.209. The molecule has 0 radical (unpaired) electrons. The van der Waals surface area contributed by atoms with E-state index in [-0.39, 0.29) is 5.56 Å². The predicted octanol–water partition coefficient (Wildman–Crippen LogP) is 1.91. The van der Waals surface area contributed by atoms with E-state index in [1.54, 1.807) is 0 Å². The number of carboxylic acids is 1. The van der Waals surface area contributed by atoms with E-state index in [4.69, 9.17) is 9.84 Å². The number of methoxy groups -OCH3 is 1. The van der Waals surface area contributed by atoms with Crippen LogP contribution >= 0.6 is 0 Å². The van der Waals surface area contributed by atoms with E-state index < -0.39 is 23.2 Å². The van der Waals surface area contributed by atoms with E-state index >= 15 is 0 Å². The molecule has 1 aromatic carbocycles. The normalized spacial score (nSPS) is 14.7. The SMILES string of the molecule is COC(C)(C(=O)O)c1ccc(F)cc1F. The molecule has 1 aromatic rings. The molecular weight excluding hydrogens is 206 g/mol. The summed E-state index contributed by atoms with van der Waals surface area (Å²) in [4.78, 5) is 10.9. The van der Waals surface area contributed by atoms with Gasteiger partial charge in [-0.05, 0) is 19.1 Å². The van der Waals surface area contributed by atoms with Gasteiger partial charge in [0.1, 0.15) is 11.6 Å². The van der Waals surface area contributed by atoms with Gasteiger partial charge in [0, 0.05) is 18.7 Å². The fraction of sp³-hybridized carbons (Fsp3) is 0.300. The summed E-state index contributed by atoms with van der Waals surface area (Å²) in [5, 5.41) is 8.89. The van der Waals surface area contributed by atoms with Crippen LogP contribution in [0, 0.1) is 11.6 Å². The molecule has 0 saturated heterocycles. The van der Waals surface area contributed by atoms with Gasteiger partial charge in [-0.3, -0.25) is 0 Å². The van der Waals surface area contributed by atoms with Gasteiger partial charge in [0.2, 0.25) is 0 Å². The number of carboxylic acid groups (broad SMARTS) is 1. The topological polar surface area (TPSA) is 46.5 Å². The van der Waals surface area contributed by atoms with Crippen molar-refractivity contribution in [3.8, 4) is 0 Å². The molecule has 0 spiro atoms. The Kier molecular flexibility index (Phi) is 3.04. The first kappa shape index (κ1) is 11.6. The molecule has 0 aliphatic heterocycles. The van der Waals surface area contributed by atoms with E-state index in [1.807, 2.05) is 0 Å². The quantitative estimate of drug-likeness (QED) is 0.839. The molecule has 0 bridgehead atoms. The third kappa shape index (κ3) is 1.97. The van der Waals surface area contributed by atoms with Crippen molar-refractivity contribution in [1.82, 2.24) is 0 Å². The smallest absolute Gasteiger partial charge is 0.340 e. The maximum Gasteiger partial charge on any atom is 0.340 e. The zero-order valence-corrected chi connectivity index (χ0v) is 8.25. The van der Waals surface area contributed by atoms with Crippen molar-refractivity contribution in [3.63, 3.8) is 0 Å². The molecule has 5 heteroatoms. The van der Waals surface area contributed by atoms with Crippen molar-refractivity contribution in [2.24, 2.45) is 0 Å². The molecule has 0 aromatic heterocycles. The average molecular weight is 216 g/mol. The zero-order chi connectivity index (χ0) is 11.6. The van der Waals surface area contributed by atoms with Crippen molar-refractivity contribution in [3.05, 3.63) is 35.4 Å². The minimum Gasteiger partial charge on any atom is -0.479 e. The van der Waals surface area contributed by atoms with Crippen molar-refractivity contribution >= 4 is 5.97 Å². The van der Waals surface area contributed by atoms with Gasteiger partial charge < -0.3 is 9.84 Å². The standard InChI is InChI=1S/C10H10F2O3/c1-10(15-2,9(13)14)7-4-3-6(11)5-8(7)12/h3-5H,1-2H3,(H,13,14). The zero-order valence-electron chi connectivity index (χ0n) is 8.25. The number of halogens is 2. The van der Waals surface area contributed by atoms with Crippen molar-refractivity contribution in [2.75, 3.05) is 7.11 Å². The lowest BCUT2D eigenvalue weighted by atomic mass is 9.95. The molecule has 0 aliphatic carbocycles. The third-order valence-corrected chi connectivity index (χ3v) is 2.26. The van der Waals surface area contributed by atoms with Crippen molar-refractivity contribution in [2.45, 2.75) is 12.5 Å². The number of benzene rings is 1. The van der Waals surface area contributed by atoms with Crippen LogP contribution in [-0.2, 0) is 15.1 Å². The fourth-order valence-corrected chi connectivity index (χ4v) is 1.19. The molecule has 0 saturated carbocycles.